The maximum Gasteiger partial charge on any atom is 0.416 e. The standard InChI is InChI=1S/C29H34BrF6N7/c1-3-42(15-18-6-4-5-7-18)26-21(12-20-8-9-24(30)14-25(20)39-26)17-43(27(37)40-41(2)38)16-19-10-22(28(31,32)33)13-23(11-19)29(34,35)36/h8-14,18H,3-7,15-17,38H2,1-2H3,(H2,37,40). The van der Waals surface area contributed by atoms with Gasteiger partial charge in [-0.25, -0.2) is 15.9 Å². The number of pyridine rings is 1. The second-order valence-electron chi connectivity index (χ2n) is 10.8. The Balaban J connectivity index is 1.81. The molecule has 0 bridgehead atoms. The molecular formula is C29H34BrF6N7. The molecule has 0 aliphatic heterocycles. The number of anilines is 1. The first kappa shape index (κ1) is 32.6. The van der Waals surface area contributed by atoms with Gasteiger partial charge >= 0.3 is 12.4 Å². The van der Waals surface area contributed by atoms with Crippen LogP contribution in [0.2, 0.25) is 0 Å². The molecule has 4 rings (SSSR count). The molecule has 1 aliphatic rings. The Morgan fingerprint density at radius 3 is 2.16 bits per heavy atom. The Bertz CT molecular complexity index is 1420. The fourth-order valence-corrected chi connectivity index (χ4v) is 5.76. The number of rotatable bonds is 9. The number of aromatic nitrogens is 1. The largest absolute Gasteiger partial charge is 0.416 e. The minimum absolute atomic E-state index is 0.00370. The Morgan fingerprint density at radius 1 is 0.977 bits per heavy atom. The number of nitrogens with zero attached hydrogens (tertiary/aromatic N) is 5. The van der Waals surface area contributed by atoms with Crippen molar-refractivity contribution in [2.45, 2.75) is 58.0 Å². The Hall–Kier alpha value is -3.26. The number of alkyl halides is 6. The van der Waals surface area contributed by atoms with E-state index in [1.165, 1.54) is 11.9 Å². The lowest BCUT2D eigenvalue weighted by Crippen LogP contribution is -2.40. The van der Waals surface area contributed by atoms with Crippen molar-refractivity contribution in [2.75, 3.05) is 25.0 Å². The zero-order valence-electron chi connectivity index (χ0n) is 23.8. The molecule has 3 aromatic rings. The van der Waals surface area contributed by atoms with E-state index in [-0.39, 0.29) is 24.1 Å². The maximum absolute atomic E-state index is 13.6. The first-order valence-electron chi connectivity index (χ1n) is 13.8. The first-order valence-corrected chi connectivity index (χ1v) is 14.6. The van der Waals surface area contributed by atoms with Gasteiger partial charge in [-0.1, -0.05) is 34.8 Å². The molecule has 1 saturated carbocycles. The molecule has 2 aromatic carbocycles. The van der Waals surface area contributed by atoms with E-state index in [0.717, 1.165) is 52.7 Å². The number of halogens is 7. The summed E-state index contributed by atoms with van der Waals surface area (Å²) in [5.41, 5.74) is 4.63. The van der Waals surface area contributed by atoms with Crippen molar-refractivity contribution < 1.29 is 26.3 Å². The van der Waals surface area contributed by atoms with Crippen LogP contribution in [0.3, 0.4) is 0 Å². The molecule has 14 heteroatoms. The molecule has 0 atom stereocenters. The molecule has 1 heterocycles. The Kier molecular flexibility index (Phi) is 10.00. The normalized spacial score (nSPS) is 14.9. The number of hydrogen-bond acceptors (Lipinski definition) is 5. The number of fused-ring (bicyclic) bond motifs is 1. The fraction of sp³-hybridized carbons (Fsp3) is 0.448. The van der Waals surface area contributed by atoms with E-state index in [4.69, 9.17) is 16.6 Å². The molecule has 0 spiro atoms. The molecule has 0 amide bonds. The van der Waals surface area contributed by atoms with Crippen molar-refractivity contribution in [2.24, 2.45) is 22.6 Å². The summed E-state index contributed by atoms with van der Waals surface area (Å²) in [5, 5.41) is 5.74. The number of hydrazine groups is 1. The molecular weight excluding hydrogens is 640 g/mol. The molecule has 43 heavy (non-hydrogen) atoms. The number of guanidine groups is 1. The van der Waals surface area contributed by atoms with Gasteiger partial charge in [0.05, 0.1) is 16.6 Å². The lowest BCUT2D eigenvalue weighted by atomic mass is 10.0. The minimum atomic E-state index is -4.98. The lowest BCUT2D eigenvalue weighted by molar-refractivity contribution is -0.143. The average Bonchev–Trinajstić information content (AvgIpc) is 3.43. The summed E-state index contributed by atoms with van der Waals surface area (Å²) in [6, 6.07) is 9.04. The topological polar surface area (TPSA) is 87.0 Å². The predicted octanol–water partition coefficient (Wildman–Crippen LogP) is 7.09. The van der Waals surface area contributed by atoms with Crippen LogP contribution in [0.4, 0.5) is 32.2 Å². The summed E-state index contributed by atoms with van der Waals surface area (Å²) in [4.78, 5) is 8.54. The highest BCUT2D eigenvalue weighted by Crippen LogP contribution is 2.37. The van der Waals surface area contributed by atoms with E-state index in [1.807, 2.05) is 31.2 Å². The summed E-state index contributed by atoms with van der Waals surface area (Å²) in [5.74, 6) is 6.65. The summed E-state index contributed by atoms with van der Waals surface area (Å²) < 4.78 is 82.5. The van der Waals surface area contributed by atoms with Gasteiger partial charge in [0, 0.05) is 48.6 Å². The van der Waals surface area contributed by atoms with Gasteiger partial charge in [0.2, 0.25) is 5.96 Å². The van der Waals surface area contributed by atoms with Crippen LogP contribution in [-0.2, 0) is 25.4 Å². The second kappa shape index (κ2) is 13.2. The zero-order chi connectivity index (χ0) is 31.5. The number of hydrogen-bond donors (Lipinski definition) is 2. The van der Waals surface area contributed by atoms with Gasteiger partial charge < -0.3 is 15.5 Å². The third-order valence-corrected chi connectivity index (χ3v) is 7.93. The van der Waals surface area contributed by atoms with Crippen LogP contribution >= 0.6 is 15.9 Å². The molecule has 1 aromatic heterocycles. The van der Waals surface area contributed by atoms with E-state index >= 15 is 0 Å². The van der Waals surface area contributed by atoms with Crippen LogP contribution in [-0.4, -0.2) is 41.1 Å². The van der Waals surface area contributed by atoms with Gasteiger partial charge in [0.25, 0.3) is 0 Å². The minimum Gasteiger partial charge on any atom is -0.368 e. The highest BCUT2D eigenvalue weighted by Gasteiger charge is 2.37. The predicted molar refractivity (Wildman–Crippen MR) is 159 cm³/mol. The van der Waals surface area contributed by atoms with Crippen molar-refractivity contribution >= 4 is 38.6 Å². The van der Waals surface area contributed by atoms with Gasteiger partial charge in [-0.3, -0.25) is 0 Å². The van der Waals surface area contributed by atoms with Crippen LogP contribution in [0.1, 0.15) is 54.9 Å². The molecule has 1 fully saturated rings. The van der Waals surface area contributed by atoms with Crippen LogP contribution in [0.5, 0.6) is 0 Å². The highest BCUT2D eigenvalue weighted by molar-refractivity contribution is 9.10. The third kappa shape index (κ3) is 8.43. The van der Waals surface area contributed by atoms with E-state index in [0.29, 0.717) is 36.0 Å². The van der Waals surface area contributed by atoms with E-state index in [1.54, 1.807) is 0 Å². The van der Waals surface area contributed by atoms with Gasteiger partial charge in [-0.2, -0.15) is 26.3 Å². The van der Waals surface area contributed by atoms with Crippen LogP contribution < -0.4 is 16.5 Å². The van der Waals surface area contributed by atoms with Crippen molar-refractivity contribution in [1.82, 2.24) is 15.0 Å². The molecule has 7 nitrogen and oxygen atoms in total. The van der Waals surface area contributed by atoms with E-state index in [9.17, 15) is 26.3 Å². The third-order valence-electron chi connectivity index (χ3n) is 7.44. The zero-order valence-corrected chi connectivity index (χ0v) is 25.4. The second-order valence-corrected chi connectivity index (χ2v) is 11.7. The van der Waals surface area contributed by atoms with Crippen molar-refractivity contribution in [1.29, 1.82) is 0 Å². The highest BCUT2D eigenvalue weighted by atomic mass is 79.9. The quantitative estimate of drug-likeness (QED) is 0.0830. The van der Waals surface area contributed by atoms with E-state index < -0.39 is 30.0 Å². The van der Waals surface area contributed by atoms with Gasteiger partial charge in [0.1, 0.15) is 5.82 Å². The van der Waals surface area contributed by atoms with Crippen molar-refractivity contribution in [3.8, 4) is 0 Å². The monoisotopic (exact) mass is 673 g/mol. The van der Waals surface area contributed by atoms with Crippen molar-refractivity contribution in [3.63, 3.8) is 0 Å². The van der Waals surface area contributed by atoms with Gasteiger partial charge in [0.15, 0.2) is 0 Å². The molecule has 0 radical (unpaired) electrons. The van der Waals surface area contributed by atoms with E-state index in [2.05, 4.69) is 25.9 Å². The Labute approximate surface area is 254 Å². The van der Waals surface area contributed by atoms with Crippen LogP contribution in [0, 0.1) is 5.92 Å². The lowest BCUT2D eigenvalue weighted by Gasteiger charge is -2.31. The SMILES string of the molecule is CCN(CC1CCCC1)c1nc2cc(Br)ccc2cc1CN(Cc1cc(C(F)(F)F)cc(C(F)(F)F)c1)/C(N)=N/N(C)N. The number of benzene rings is 2. The molecule has 4 N–H and O–H groups in total. The average molecular weight is 675 g/mol. The van der Waals surface area contributed by atoms with Gasteiger partial charge in [-0.05, 0) is 67.6 Å². The molecule has 0 saturated heterocycles. The summed E-state index contributed by atoms with van der Waals surface area (Å²) in [7, 11) is 1.40. The smallest absolute Gasteiger partial charge is 0.368 e. The van der Waals surface area contributed by atoms with Crippen LogP contribution in [0.25, 0.3) is 10.9 Å². The summed E-state index contributed by atoms with van der Waals surface area (Å²) in [6.45, 7) is 3.03. The fourth-order valence-electron chi connectivity index (χ4n) is 5.41. The van der Waals surface area contributed by atoms with Crippen LogP contribution in [0.15, 0.2) is 52.0 Å². The Morgan fingerprint density at radius 2 is 1.60 bits per heavy atom. The summed E-state index contributed by atoms with van der Waals surface area (Å²) >= 11 is 3.49. The number of nitrogens with two attached hydrogens (primary N) is 2. The number of hydrazone groups is 1. The maximum atomic E-state index is 13.6. The molecule has 0 unspecified atom stereocenters. The summed E-state index contributed by atoms with van der Waals surface area (Å²) in [6.07, 6.45) is -5.42. The molecule has 1 aliphatic carbocycles. The van der Waals surface area contributed by atoms with Crippen molar-refractivity contribution in [3.05, 3.63) is 69.2 Å². The molecule has 234 valence electrons. The van der Waals surface area contributed by atoms with Gasteiger partial charge in [-0.15, -0.1) is 5.10 Å². The first-order chi connectivity index (χ1) is 20.1.